The smallest absolute Gasteiger partial charge is 0.462 e. The van der Waals surface area contributed by atoms with Crippen LogP contribution in [0.2, 0.25) is 0 Å². The summed E-state index contributed by atoms with van der Waals surface area (Å²) in [5, 5.41) is 0. The Balaban J connectivity index is 4.19. The van der Waals surface area contributed by atoms with Gasteiger partial charge in [0.15, 0.2) is 6.10 Å². The van der Waals surface area contributed by atoms with E-state index in [0.717, 1.165) is 25.7 Å². The van der Waals surface area contributed by atoms with Crippen molar-refractivity contribution in [1.29, 1.82) is 0 Å². The first-order valence-corrected chi connectivity index (χ1v) is 21.9. The van der Waals surface area contributed by atoms with Crippen LogP contribution < -0.4 is 0 Å². The molecule has 0 saturated carbocycles. The van der Waals surface area contributed by atoms with Gasteiger partial charge in [-0.3, -0.25) is 9.32 Å². The average molecular weight is 749 g/mol. The Labute approximate surface area is 317 Å². The summed E-state index contributed by atoms with van der Waals surface area (Å²) >= 11 is 0. The highest BCUT2D eigenvalue weighted by Gasteiger charge is 2.22. The molecule has 8 nitrogen and oxygen atoms in total. The van der Waals surface area contributed by atoms with Crippen molar-refractivity contribution in [3.8, 4) is 0 Å². The maximum absolute atomic E-state index is 12.3. The van der Waals surface area contributed by atoms with Crippen LogP contribution in [0.15, 0.2) is 72.9 Å². The number of rotatable bonds is 36. The highest BCUT2D eigenvalue weighted by Crippen LogP contribution is 2.35. The largest absolute Gasteiger partial charge is 0.469 e. The minimum absolute atomic E-state index is 0.234. The van der Waals surface area contributed by atoms with E-state index in [1.165, 1.54) is 128 Å². The van der Waals surface area contributed by atoms with E-state index in [1.807, 2.05) is 36.5 Å². The Morgan fingerprint density at radius 3 is 1.40 bits per heavy atom. The fourth-order valence-corrected chi connectivity index (χ4v) is 5.80. The summed E-state index contributed by atoms with van der Waals surface area (Å²) in [6.07, 6.45) is 49.7. The zero-order chi connectivity index (χ0) is 38.2. The van der Waals surface area contributed by atoms with Gasteiger partial charge in [-0.05, 0) is 19.3 Å². The summed E-state index contributed by atoms with van der Waals surface area (Å²) in [4.78, 5) is 42.6. The molecular weight excluding hydrogens is 675 g/mol. The van der Waals surface area contributed by atoms with E-state index in [2.05, 4.69) is 30.5 Å². The molecule has 52 heavy (non-hydrogen) atoms. The Morgan fingerprint density at radius 1 is 0.538 bits per heavy atom. The van der Waals surface area contributed by atoms with Crippen molar-refractivity contribution in [2.45, 2.75) is 174 Å². The van der Waals surface area contributed by atoms with Crippen LogP contribution in [0.25, 0.3) is 0 Å². The number of carbonyl (C=O) groups is 2. The Kier molecular flexibility index (Phi) is 36.4. The average Bonchev–Trinajstić information content (AvgIpc) is 3.11. The van der Waals surface area contributed by atoms with Crippen LogP contribution in [0.1, 0.15) is 168 Å². The molecule has 0 heterocycles. The lowest BCUT2D eigenvalue weighted by atomic mass is 10.0. The van der Waals surface area contributed by atoms with Crippen LogP contribution >= 0.6 is 7.82 Å². The van der Waals surface area contributed by atoms with Crippen LogP contribution in [0.4, 0.5) is 0 Å². The summed E-state index contributed by atoms with van der Waals surface area (Å²) in [7, 11) is -4.80. The molecule has 0 aromatic rings. The predicted octanol–water partition coefficient (Wildman–Crippen LogP) is 12.3. The maximum atomic E-state index is 12.3. The van der Waals surface area contributed by atoms with Crippen LogP contribution in [-0.2, 0) is 28.2 Å². The van der Waals surface area contributed by atoms with Crippen LogP contribution in [-0.4, -0.2) is 41.0 Å². The number of ether oxygens (including phenoxy) is 2. The Bertz CT molecular complexity index is 1070. The molecule has 0 amide bonds. The molecule has 0 aromatic heterocycles. The third-order valence-electron chi connectivity index (χ3n) is 8.47. The molecule has 1 atom stereocenters. The van der Waals surface area contributed by atoms with Gasteiger partial charge in [-0.25, -0.2) is 9.36 Å². The van der Waals surface area contributed by atoms with Gasteiger partial charge in [0, 0.05) is 12.5 Å². The third-order valence-corrected chi connectivity index (χ3v) is 8.95. The van der Waals surface area contributed by atoms with E-state index in [9.17, 15) is 14.2 Å². The number of allylic oxidation sites excluding steroid dienone is 11. The van der Waals surface area contributed by atoms with Gasteiger partial charge in [-0.1, -0.05) is 209 Å². The van der Waals surface area contributed by atoms with E-state index < -0.39 is 32.5 Å². The minimum Gasteiger partial charge on any atom is -0.462 e. The second-order valence-corrected chi connectivity index (χ2v) is 14.7. The lowest BCUT2D eigenvalue weighted by Gasteiger charge is -2.17. The molecule has 0 spiro atoms. The molecular formula is C43H73O8P. The van der Waals surface area contributed by atoms with Crippen LogP contribution in [0, 0.1) is 0 Å². The number of phosphoric ester groups is 1. The molecule has 0 fully saturated rings. The molecule has 298 valence electrons. The van der Waals surface area contributed by atoms with Crippen molar-refractivity contribution in [3.63, 3.8) is 0 Å². The normalized spacial score (nSPS) is 13.2. The maximum Gasteiger partial charge on any atom is 0.469 e. The molecule has 0 radical (unpaired) electrons. The molecule has 0 rings (SSSR count). The van der Waals surface area contributed by atoms with E-state index in [4.69, 9.17) is 19.3 Å². The zero-order valence-corrected chi connectivity index (χ0v) is 33.6. The number of esters is 2. The first-order valence-electron chi connectivity index (χ1n) is 20.3. The van der Waals surface area contributed by atoms with Gasteiger partial charge in [0.2, 0.25) is 0 Å². The molecule has 0 unspecified atom stereocenters. The van der Waals surface area contributed by atoms with E-state index in [1.54, 1.807) is 12.2 Å². The van der Waals surface area contributed by atoms with Crippen molar-refractivity contribution in [2.24, 2.45) is 0 Å². The van der Waals surface area contributed by atoms with Crippen molar-refractivity contribution in [3.05, 3.63) is 72.9 Å². The topological polar surface area (TPSA) is 119 Å². The second kappa shape index (κ2) is 38.2. The standard InChI is InChI=1S/C43H73O8P/c1-3-5-7-9-11-13-15-17-19-20-21-22-24-26-28-30-32-34-36-38-43(45)51-41(40-50-52(46,47)48)39-49-42(44)37-35-33-31-29-27-25-23-18-16-14-12-10-8-6-4-2/h19-22,24,26,28,30,32,34,36,38,41H,3-18,23,25,27,29,31,33,35,37,39-40H2,1-2H3,(H2,46,47,48)/t41-/m1/s1. The van der Waals surface area contributed by atoms with Gasteiger partial charge in [0.25, 0.3) is 0 Å². The summed E-state index contributed by atoms with van der Waals surface area (Å²) in [5.74, 6) is -1.20. The van der Waals surface area contributed by atoms with Gasteiger partial charge < -0.3 is 19.3 Å². The Hall–Kier alpha value is -2.51. The van der Waals surface area contributed by atoms with E-state index in [0.29, 0.717) is 6.42 Å². The number of carbonyl (C=O) groups excluding carboxylic acids is 2. The molecule has 0 aromatic carbocycles. The predicted molar refractivity (Wildman–Crippen MR) is 216 cm³/mol. The first-order chi connectivity index (χ1) is 25.3. The molecule has 0 aliphatic rings. The minimum atomic E-state index is -4.80. The Morgan fingerprint density at radius 2 is 0.942 bits per heavy atom. The second-order valence-electron chi connectivity index (χ2n) is 13.5. The van der Waals surface area contributed by atoms with E-state index >= 15 is 0 Å². The SMILES string of the molecule is CCCCCCCCCC=CC=CC=CC=CC=CC=CC(=O)O[C@H](COC(=O)CCCCCCCCCCCCCCCCC)COP(=O)(O)O. The lowest BCUT2D eigenvalue weighted by molar-refractivity contribution is -0.157. The highest BCUT2D eigenvalue weighted by molar-refractivity contribution is 7.46. The fourth-order valence-electron chi connectivity index (χ4n) is 5.44. The molecule has 2 N–H and O–H groups in total. The van der Waals surface area contributed by atoms with Gasteiger partial charge in [-0.15, -0.1) is 0 Å². The number of phosphoric acid groups is 1. The van der Waals surface area contributed by atoms with Gasteiger partial charge >= 0.3 is 19.8 Å². The first kappa shape index (κ1) is 49.5. The third kappa shape index (κ3) is 40.3. The molecule has 0 bridgehead atoms. The molecule has 0 saturated heterocycles. The van der Waals surface area contributed by atoms with Gasteiger partial charge in [0.05, 0.1) is 6.61 Å². The van der Waals surface area contributed by atoms with Crippen molar-refractivity contribution >= 4 is 19.8 Å². The lowest BCUT2D eigenvalue weighted by Crippen LogP contribution is -2.29. The monoisotopic (exact) mass is 749 g/mol. The number of unbranched alkanes of at least 4 members (excludes halogenated alkanes) is 21. The van der Waals surface area contributed by atoms with Crippen molar-refractivity contribution < 1.29 is 37.9 Å². The van der Waals surface area contributed by atoms with Crippen molar-refractivity contribution in [1.82, 2.24) is 0 Å². The van der Waals surface area contributed by atoms with Crippen molar-refractivity contribution in [2.75, 3.05) is 13.2 Å². The molecule has 9 heteroatoms. The summed E-state index contributed by atoms with van der Waals surface area (Å²) in [6.45, 7) is 3.53. The summed E-state index contributed by atoms with van der Waals surface area (Å²) in [6, 6.07) is 0. The summed E-state index contributed by atoms with van der Waals surface area (Å²) < 4.78 is 26.1. The van der Waals surface area contributed by atoms with Gasteiger partial charge in [0.1, 0.15) is 6.61 Å². The number of hydrogen-bond donors (Lipinski definition) is 2. The summed E-state index contributed by atoms with van der Waals surface area (Å²) in [5.41, 5.74) is 0. The molecule has 0 aliphatic heterocycles. The zero-order valence-electron chi connectivity index (χ0n) is 32.7. The van der Waals surface area contributed by atoms with Gasteiger partial charge in [-0.2, -0.15) is 0 Å². The highest BCUT2D eigenvalue weighted by atomic mass is 31.2. The van der Waals surface area contributed by atoms with Crippen LogP contribution in [0.3, 0.4) is 0 Å². The fraction of sp³-hybridized carbons (Fsp3) is 0.674. The van der Waals surface area contributed by atoms with Crippen LogP contribution in [0.5, 0.6) is 0 Å². The number of hydrogen-bond acceptors (Lipinski definition) is 6. The molecule has 0 aliphatic carbocycles. The quantitative estimate of drug-likeness (QED) is 0.0214. The van der Waals surface area contributed by atoms with E-state index in [-0.39, 0.29) is 13.0 Å².